The van der Waals surface area contributed by atoms with Crippen LogP contribution in [0.2, 0.25) is 0 Å². The molecule has 0 unspecified atom stereocenters. The monoisotopic (exact) mass is 279 g/mol. The summed E-state index contributed by atoms with van der Waals surface area (Å²) in [5, 5.41) is 9.35. The van der Waals surface area contributed by atoms with Gasteiger partial charge < -0.3 is 5.32 Å². The van der Waals surface area contributed by atoms with Crippen LogP contribution in [0, 0.1) is 0 Å². The van der Waals surface area contributed by atoms with E-state index in [9.17, 15) is 4.79 Å². The number of nitrogens with one attached hydrogen (secondary N) is 2. The lowest BCUT2D eigenvalue weighted by Gasteiger charge is -2.05. The van der Waals surface area contributed by atoms with Crippen LogP contribution < -0.4 is 5.32 Å². The van der Waals surface area contributed by atoms with Crippen LogP contribution in [0.3, 0.4) is 0 Å². The van der Waals surface area contributed by atoms with Crippen LogP contribution in [-0.4, -0.2) is 16.1 Å². The molecule has 0 spiro atoms. The van der Waals surface area contributed by atoms with Gasteiger partial charge in [-0.2, -0.15) is 5.10 Å². The molecule has 2 N–H and O–H groups in total. The summed E-state index contributed by atoms with van der Waals surface area (Å²) in [5.74, 6) is -0.0730. The fraction of sp³-hybridized carbons (Fsp3) is 0.0909. The molecule has 0 atom stereocenters. The molecule has 2 aromatic rings. The fourth-order valence-corrected chi connectivity index (χ4v) is 1.70. The Balaban J connectivity index is 2.00. The molecule has 0 aliphatic carbocycles. The molecule has 16 heavy (non-hydrogen) atoms. The second-order valence-corrected chi connectivity index (χ2v) is 4.14. The van der Waals surface area contributed by atoms with Crippen molar-refractivity contribution in [1.29, 1.82) is 0 Å². The molecule has 5 heteroatoms. The Morgan fingerprint density at radius 3 is 2.88 bits per heavy atom. The minimum absolute atomic E-state index is 0.0730. The quantitative estimate of drug-likeness (QED) is 0.906. The van der Waals surface area contributed by atoms with Crippen molar-refractivity contribution in [2.24, 2.45) is 0 Å². The van der Waals surface area contributed by atoms with Gasteiger partial charge in [-0.25, -0.2) is 0 Å². The number of para-hydroxylation sites is 1. The topological polar surface area (TPSA) is 57.8 Å². The minimum atomic E-state index is -0.0730. The largest absolute Gasteiger partial charge is 0.325 e. The lowest BCUT2D eigenvalue weighted by molar-refractivity contribution is -0.115. The molecule has 1 aromatic heterocycles. The van der Waals surface area contributed by atoms with Crippen molar-refractivity contribution in [1.82, 2.24) is 10.2 Å². The van der Waals surface area contributed by atoms with E-state index in [1.54, 1.807) is 12.3 Å². The number of aromatic nitrogens is 2. The number of carbonyl (C=O) groups is 1. The van der Waals surface area contributed by atoms with E-state index in [1.807, 2.05) is 24.3 Å². The maximum absolute atomic E-state index is 11.7. The van der Waals surface area contributed by atoms with Crippen molar-refractivity contribution in [3.05, 3.63) is 46.7 Å². The molecule has 0 saturated heterocycles. The Morgan fingerprint density at radius 2 is 2.19 bits per heavy atom. The fourth-order valence-electron chi connectivity index (χ4n) is 1.31. The van der Waals surface area contributed by atoms with E-state index in [2.05, 4.69) is 31.4 Å². The normalized spacial score (nSPS) is 10.1. The molecule has 0 radical (unpaired) electrons. The van der Waals surface area contributed by atoms with Crippen molar-refractivity contribution < 1.29 is 4.79 Å². The molecule has 1 amide bonds. The summed E-state index contributed by atoms with van der Waals surface area (Å²) in [6.45, 7) is 0. The van der Waals surface area contributed by atoms with E-state index in [4.69, 9.17) is 0 Å². The molecule has 0 bridgehead atoms. The summed E-state index contributed by atoms with van der Waals surface area (Å²) in [6, 6.07) is 9.27. The number of rotatable bonds is 3. The number of nitrogens with zero attached hydrogens (tertiary/aromatic N) is 1. The van der Waals surface area contributed by atoms with E-state index in [1.165, 1.54) is 0 Å². The Bertz CT molecular complexity index is 482. The van der Waals surface area contributed by atoms with E-state index >= 15 is 0 Å². The number of carbonyl (C=O) groups excluding carboxylic acids is 1. The van der Waals surface area contributed by atoms with Crippen LogP contribution in [-0.2, 0) is 11.2 Å². The average molecular weight is 280 g/mol. The summed E-state index contributed by atoms with van der Waals surface area (Å²) in [7, 11) is 0. The Labute approximate surface area is 101 Å². The molecule has 2 rings (SSSR count). The summed E-state index contributed by atoms with van der Waals surface area (Å²) in [4.78, 5) is 11.7. The molecule has 1 aromatic carbocycles. The number of halogens is 1. The van der Waals surface area contributed by atoms with Crippen LogP contribution in [0.1, 0.15) is 5.69 Å². The molecular formula is C11H10BrN3O. The van der Waals surface area contributed by atoms with Gasteiger partial charge in [-0.05, 0) is 34.1 Å². The van der Waals surface area contributed by atoms with Gasteiger partial charge in [0.1, 0.15) is 0 Å². The van der Waals surface area contributed by atoms with Gasteiger partial charge in [0.15, 0.2) is 0 Å². The first kappa shape index (κ1) is 10.9. The van der Waals surface area contributed by atoms with Gasteiger partial charge in [-0.15, -0.1) is 0 Å². The van der Waals surface area contributed by atoms with Crippen molar-refractivity contribution >= 4 is 27.5 Å². The summed E-state index contributed by atoms with van der Waals surface area (Å²) in [5.41, 5.74) is 1.57. The van der Waals surface area contributed by atoms with E-state index in [-0.39, 0.29) is 5.91 Å². The zero-order valence-electron chi connectivity index (χ0n) is 8.40. The van der Waals surface area contributed by atoms with Crippen molar-refractivity contribution in [2.45, 2.75) is 6.42 Å². The number of H-pyrrole nitrogens is 1. The number of hydrogen-bond acceptors (Lipinski definition) is 2. The van der Waals surface area contributed by atoms with E-state index < -0.39 is 0 Å². The first-order valence-electron chi connectivity index (χ1n) is 4.78. The van der Waals surface area contributed by atoms with Crippen LogP contribution in [0.4, 0.5) is 5.69 Å². The third kappa shape index (κ3) is 2.70. The number of aromatic amines is 1. The van der Waals surface area contributed by atoms with Crippen LogP contribution in [0.15, 0.2) is 41.0 Å². The second-order valence-electron chi connectivity index (χ2n) is 3.29. The number of benzene rings is 1. The second kappa shape index (κ2) is 4.94. The van der Waals surface area contributed by atoms with E-state index in [0.29, 0.717) is 6.42 Å². The predicted octanol–water partition coefficient (Wildman–Crippen LogP) is 2.35. The van der Waals surface area contributed by atoms with Gasteiger partial charge in [0.05, 0.1) is 12.1 Å². The summed E-state index contributed by atoms with van der Waals surface area (Å²) >= 11 is 3.37. The number of anilines is 1. The van der Waals surface area contributed by atoms with Crippen molar-refractivity contribution in [3.63, 3.8) is 0 Å². The highest BCUT2D eigenvalue weighted by atomic mass is 79.9. The summed E-state index contributed by atoms with van der Waals surface area (Å²) in [6.07, 6.45) is 1.92. The Morgan fingerprint density at radius 1 is 1.38 bits per heavy atom. The molecule has 0 aliphatic heterocycles. The van der Waals surface area contributed by atoms with Crippen LogP contribution in [0.5, 0.6) is 0 Å². The third-order valence-electron chi connectivity index (χ3n) is 2.06. The van der Waals surface area contributed by atoms with Gasteiger partial charge in [-0.1, -0.05) is 12.1 Å². The highest BCUT2D eigenvalue weighted by molar-refractivity contribution is 9.10. The number of amides is 1. The van der Waals surface area contributed by atoms with Gasteiger partial charge in [-0.3, -0.25) is 9.89 Å². The van der Waals surface area contributed by atoms with Gasteiger partial charge in [0, 0.05) is 16.4 Å². The van der Waals surface area contributed by atoms with Gasteiger partial charge in [0.2, 0.25) is 5.91 Å². The zero-order chi connectivity index (χ0) is 11.4. The maximum atomic E-state index is 11.7. The lowest BCUT2D eigenvalue weighted by atomic mass is 10.2. The number of hydrogen-bond donors (Lipinski definition) is 2. The first-order chi connectivity index (χ1) is 7.75. The minimum Gasteiger partial charge on any atom is -0.325 e. The Hall–Kier alpha value is -1.62. The molecular weight excluding hydrogens is 270 g/mol. The molecule has 0 fully saturated rings. The van der Waals surface area contributed by atoms with Gasteiger partial charge in [0.25, 0.3) is 0 Å². The maximum Gasteiger partial charge on any atom is 0.230 e. The van der Waals surface area contributed by atoms with Crippen molar-refractivity contribution in [3.8, 4) is 0 Å². The van der Waals surface area contributed by atoms with Crippen LogP contribution in [0.25, 0.3) is 0 Å². The molecule has 4 nitrogen and oxygen atoms in total. The van der Waals surface area contributed by atoms with Gasteiger partial charge >= 0.3 is 0 Å². The van der Waals surface area contributed by atoms with Crippen molar-refractivity contribution in [2.75, 3.05) is 5.32 Å². The summed E-state index contributed by atoms with van der Waals surface area (Å²) < 4.78 is 0.868. The molecule has 0 aliphatic rings. The van der Waals surface area contributed by atoms with Crippen LogP contribution >= 0.6 is 15.9 Å². The standard InChI is InChI=1S/C11H10BrN3O/c12-9-3-1-2-4-10(9)14-11(16)7-8-5-6-13-15-8/h1-6H,7H2,(H,13,15)(H,14,16). The molecule has 0 saturated carbocycles. The Kier molecular flexibility index (Phi) is 3.36. The third-order valence-corrected chi connectivity index (χ3v) is 2.75. The highest BCUT2D eigenvalue weighted by Crippen LogP contribution is 2.21. The first-order valence-corrected chi connectivity index (χ1v) is 5.57. The smallest absolute Gasteiger partial charge is 0.230 e. The lowest BCUT2D eigenvalue weighted by Crippen LogP contribution is -2.14. The average Bonchev–Trinajstić information content (AvgIpc) is 2.74. The molecule has 82 valence electrons. The highest BCUT2D eigenvalue weighted by Gasteiger charge is 2.06. The zero-order valence-corrected chi connectivity index (χ0v) is 9.99. The van der Waals surface area contributed by atoms with E-state index in [0.717, 1.165) is 15.9 Å². The predicted molar refractivity (Wildman–Crippen MR) is 65.1 cm³/mol. The molecule has 1 heterocycles. The SMILES string of the molecule is O=C(Cc1ccn[nH]1)Nc1ccccc1Br.